The number of halogens is 1. The van der Waals surface area contributed by atoms with Crippen molar-refractivity contribution in [2.45, 2.75) is 19.8 Å². The van der Waals surface area contributed by atoms with Gasteiger partial charge in [-0.3, -0.25) is 19.2 Å². The van der Waals surface area contributed by atoms with Crippen molar-refractivity contribution in [3.05, 3.63) is 58.4 Å². The van der Waals surface area contributed by atoms with Crippen molar-refractivity contribution in [3.8, 4) is 0 Å². The highest BCUT2D eigenvalue weighted by atomic mass is 35.5. The average Bonchev–Trinajstić information content (AvgIpc) is 2.52. The summed E-state index contributed by atoms with van der Waals surface area (Å²) in [6, 6.07) is 6.46. The lowest BCUT2D eigenvalue weighted by Gasteiger charge is -2.33. The Balaban J connectivity index is 2.13. The molecule has 7 heteroatoms. The molecule has 0 radical (unpaired) electrons. The predicted octanol–water partition coefficient (Wildman–Crippen LogP) is 1.86. The van der Waals surface area contributed by atoms with E-state index in [2.05, 4.69) is 10.6 Å². The molecule has 0 aliphatic carbocycles. The van der Waals surface area contributed by atoms with Gasteiger partial charge in [-0.15, -0.1) is 0 Å². The molecule has 134 valence electrons. The predicted molar refractivity (Wildman–Crippen MR) is 95.0 cm³/mol. The van der Waals surface area contributed by atoms with E-state index in [1.54, 1.807) is 38.1 Å². The number of carbonyl (C=O) groups is 4. The van der Waals surface area contributed by atoms with E-state index in [-0.39, 0.29) is 0 Å². The molecule has 2 aliphatic heterocycles. The van der Waals surface area contributed by atoms with Crippen molar-refractivity contribution in [2.75, 3.05) is 0 Å². The zero-order valence-corrected chi connectivity index (χ0v) is 15.0. The van der Waals surface area contributed by atoms with Gasteiger partial charge in [0.15, 0.2) is 11.6 Å². The first-order chi connectivity index (χ1) is 12.3. The number of hydrogen-bond acceptors (Lipinski definition) is 4. The molecule has 0 saturated carbocycles. The van der Waals surface area contributed by atoms with E-state index < -0.39 is 41.1 Å². The third-order valence-electron chi connectivity index (χ3n) is 4.51. The normalized spacial score (nSPS) is 23.4. The number of nitrogens with one attached hydrogen (secondary N) is 2. The third-order valence-corrected chi connectivity index (χ3v) is 4.76. The summed E-state index contributed by atoms with van der Waals surface area (Å²) < 4.78 is 0. The third kappa shape index (κ3) is 3.32. The maximum absolute atomic E-state index is 12.6. The van der Waals surface area contributed by atoms with E-state index in [4.69, 9.17) is 11.6 Å². The molecule has 0 unspecified atom stereocenters. The molecule has 2 N–H and O–H groups in total. The standard InChI is InChI=1S/C19H17ClN2O4/c1-9-7-13(23)16(18(25)21-9)15(11-3-5-12(20)6-4-11)17-14(24)8-10(2)22-19(17)26/h3-8,15-17H,1-2H3,(H,21,25)(H,22,26)/t16-,17-/m0/s1. The monoisotopic (exact) mass is 372 g/mol. The van der Waals surface area contributed by atoms with Gasteiger partial charge in [-0.25, -0.2) is 0 Å². The Hall–Kier alpha value is -2.73. The Bertz CT molecular complexity index is 820. The molecule has 0 aromatic heterocycles. The Kier molecular flexibility index (Phi) is 4.78. The fraction of sp³-hybridized carbons (Fsp3) is 0.263. The second-order valence-corrected chi connectivity index (χ2v) is 6.91. The average molecular weight is 373 g/mol. The molecule has 2 amide bonds. The molecule has 1 aromatic rings. The van der Waals surface area contributed by atoms with E-state index >= 15 is 0 Å². The van der Waals surface area contributed by atoms with Crippen LogP contribution >= 0.6 is 11.6 Å². The molecular weight excluding hydrogens is 356 g/mol. The lowest BCUT2D eigenvalue weighted by molar-refractivity contribution is -0.137. The number of carbonyl (C=O) groups excluding carboxylic acids is 4. The molecule has 0 saturated heterocycles. The maximum atomic E-state index is 12.6. The maximum Gasteiger partial charge on any atom is 0.235 e. The molecule has 0 bridgehead atoms. The summed E-state index contributed by atoms with van der Waals surface area (Å²) in [5, 5.41) is 5.70. The number of benzene rings is 1. The lowest BCUT2D eigenvalue weighted by Crippen LogP contribution is -2.49. The van der Waals surface area contributed by atoms with E-state index in [0.29, 0.717) is 22.0 Å². The van der Waals surface area contributed by atoms with Crippen LogP contribution in [-0.2, 0) is 19.2 Å². The molecule has 6 nitrogen and oxygen atoms in total. The first-order valence-electron chi connectivity index (χ1n) is 8.09. The highest BCUT2D eigenvalue weighted by Crippen LogP contribution is 2.37. The van der Waals surface area contributed by atoms with E-state index in [1.807, 2.05) is 0 Å². The van der Waals surface area contributed by atoms with Gasteiger partial charge >= 0.3 is 0 Å². The highest BCUT2D eigenvalue weighted by molar-refractivity contribution is 6.30. The van der Waals surface area contributed by atoms with Crippen LogP contribution in [0.3, 0.4) is 0 Å². The largest absolute Gasteiger partial charge is 0.329 e. The molecule has 2 atom stereocenters. The summed E-state index contributed by atoms with van der Waals surface area (Å²) in [5.41, 5.74) is 1.39. The first-order valence-corrected chi connectivity index (χ1v) is 8.47. The quantitative estimate of drug-likeness (QED) is 0.792. The minimum absolute atomic E-state index is 0.432. The van der Waals surface area contributed by atoms with Gasteiger partial charge < -0.3 is 10.6 Å². The van der Waals surface area contributed by atoms with Crippen molar-refractivity contribution in [1.82, 2.24) is 10.6 Å². The summed E-state index contributed by atoms with van der Waals surface area (Å²) in [6.45, 7) is 3.21. The first kappa shape index (κ1) is 18.1. The van der Waals surface area contributed by atoms with Crippen molar-refractivity contribution >= 4 is 35.0 Å². The van der Waals surface area contributed by atoms with Gasteiger partial charge in [0.1, 0.15) is 11.8 Å². The summed E-state index contributed by atoms with van der Waals surface area (Å²) >= 11 is 5.93. The Morgan fingerprint density at radius 1 is 0.808 bits per heavy atom. The molecule has 1 aromatic carbocycles. The fourth-order valence-electron chi connectivity index (χ4n) is 3.42. The van der Waals surface area contributed by atoms with Crippen LogP contribution in [0.1, 0.15) is 25.3 Å². The zero-order valence-electron chi connectivity index (χ0n) is 14.2. The minimum atomic E-state index is -1.17. The second kappa shape index (κ2) is 6.88. The Morgan fingerprint density at radius 2 is 1.23 bits per heavy atom. The van der Waals surface area contributed by atoms with Gasteiger partial charge in [0, 0.05) is 34.5 Å². The van der Waals surface area contributed by atoms with Crippen LogP contribution in [0.4, 0.5) is 0 Å². The topological polar surface area (TPSA) is 92.3 Å². The Morgan fingerprint density at radius 3 is 1.62 bits per heavy atom. The zero-order chi connectivity index (χ0) is 19.0. The van der Waals surface area contributed by atoms with E-state index in [1.165, 1.54) is 12.2 Å². The molecule has 3 rings (SSSR count). The van der Waals surface area contributed by atoms with Gasteiger partial charge in [0.25, 0.3) is 0 Å². The van der Waals surface area contributed by atoms with Crippen LogP contribution in [0.5, 0.6) is 0 Å². The van der Waals surface area contributed by atoms with Gasteiger partial charge in [-0.1, -0.05) is 23.7 Å². The number of amides is 2. The number of hydrogen-bond donors (Lipinski definition) is 2. The molecule has 26 heavy (non-hydrogen) atoms. The lowest BCUT2D eigenvalue weighted by atomic mass is 9.71. The van der Waals surface area contributed by atoms with Gasteiger partial charge in [-0.05, 0) is 31.5 Å². The molecule has 2 aliphatic rings. The van der Waals surface area contributed by atoms with E-state index in [0.717, 1.165) is 0 Å². The van der Waals surface area contributed by atoms with Crippen LogP contribution < -0.4 is 10.6 Å². The number of allylic oxidation sites excluding steroid dienone is 4. The van der Waals surface area contributed by atoms with E-state index in [9.17, 15) is 19.2 Å². The van der Waals surface area contributed by atoms with Crippen molar-refractivity contribution < 1.29 is 19.2 Å². The van der Waals surface area contributed by atoms with Gasteiger partial charge in [-0.2, -0.15) is 0 Å². The molecule has 0 spiro atoms. The van der Waals surface area contributed by atoms with Crippen molar-refractivity contribution in [2.24, 2.45) is 11.8 Å². The summed E-state index contributed by atoms with van der Waals surface area (Å²) in [4.78, 5) is 50.3. The molecule has 0 fully saturated rings. The van der Waals surface area contributed by atoms with Gasteiger partial charge in [0.2, 0.25) is 11.8 Å². The minimum Gasteiger partial charge on any atom is -0.329 e. The van der Waals surface area contributed by atoms with Crippen molar-refractivity contribution in [1.29, 1.82) is 0 Å². The number of ketones is 2. The molecule has 2 heterocycles. The van der Waals surface area contributed by atoms with Crippen LogP contribution in [0.15, 0.2) is 47.8 Å². The fourth-order valence-corrected chi connectivity index (χ4v) is 3.55. The second-order valence-electron chi connectivity index (χ2n) is 6.47. The summed E-state index contributed by atoms with van der Waals surface area (Å²) in [5.74, 6) is -5.20. The summed E-state index contributed by atoms with van der Waals surface area (Å²) in [6.07, 6.45) is 2.64. The van der Waals surface area contributed by atoms with Crippen LogP contribution in [0.25, 0.3) is 0 Å². The van der Waals surface area contributed by atoms with Crippen molar-refractivity contribution in [3.63, 3.8) is 0 Å². The molecular formula is C19H17ClN2O4. The van der Waals surface area contributed by atoms with Crippen LogP contribution in [0.2, 0.25) is 5.02 Å². The number of rotatable bonds is 3. The SMILES string of the molecule is CC1=CC(=O)[C@@H](C(c2ccc(Cl)cc2)[C@@H]2C(=O)C=C(C)NC2=O)C(=O)N1. The van der Waals surface area contributed by atoms with Crippen LogP contribution in [-0.4, -0.2) is 23.4 Å². The van der Waals surface area contributed by atoms with Gasteiger partial charge in [0.05, 0.1) is 0 Å². The van der Waals surface area contributed by atoms with Crippen LogP contribution in [0, 0.1) is 11.8 Å². The smallest absolute Gasteiger partial charge is 0.235 e. The Labute approximate surface area is 155 Å². The summed E-state index contributed by atoms with van der Waals surface area (Å²) in [7, 11) is 0. The highest BCUT2D eigenvalue weighted by Gasteiger charge is 2.47.